The number of nitrogens with zero attached hydrogens (tertiary/aromatic N) is 2. The Kier molecular flexibility index (Phi) is 3.19. The Morgan fingerprint density at radius 2 is 2.46 bits per heavy atom. The number of hydrogen-bond donors (Lipinski definition) is 1. The van der Waals surface area contributed by atoms with Crippen LogP contribution in [0.4, 0.5) is 0 Å². The fourth-order valence-electron chi connectivity index (χ4n) is 1.12. The molecule has 2 N–H and O–H groups in total. The van der Waals surface area contributed by atoms with Gasteiger partial charge >= 0.3 is 0 Å². The third-order valence-electron chi connectivity index (χ3n) is 1.99. The van der Waals surface area contributed by atoms with Crippen molar-refractivity contribution < 1.29 is 4.79 Å². The van der Waals surface area contributed by atoms with Crippen LogP contribution in [-0.2, 0) is 18.3 Å². The molecule has 72 valence electrons. The molecule has 0 aliphatic heterocycles. The van der Waals surface area contributed by atoms with Crippen LogP contribution >= 0.6 is 0 Å². The first-order valence-electron chi connectivity index (χ1n) is 4.39. The smallest absolute Gasteiger partial charge is 0.153 e. The second-order valence-corrected chi connectivity index (χ2v) is 3.18. The third kappa shape index (κ3) is 2.66. The number of carbonyl (C=O) groups is 1. The van der Waals surface area contributed by atoms with Crippen LogP contribution in [0, 0.1) is 0 Å². The molecule has 13 heavy (non-hydrogen) atoms. The summed E-state index contributed by atoms with van der Waals surface area (Å²) in [6, 6.07) is -0.333. The number of ketones is 1. The highest BCUT2D eigenvalue weighted by Crippen LogP contribution is 2.01. The minimum absolute atomic E-state index is 0.0792. The summed E-state index contributed by atoms with van der Waals surface area (Å²) < 4.78 is 1.68. The van der Waals surface area contributed by atoms with E-state index in [0.29, 0.717) is 12.8 Å². The highest BCUT2D eigenvalue weighted by Gasteiger charge is 2.12. The summed E-state index contributed by atoms with van der Waals surface area (Å²) in [6.45, 7) is 1.91. The van der Waals surface area contributed by atoms with Crippen LogP contribution in [0.5, 0.6) is 0 Å². The molecular weight excluding hydrogens is 166 g/mol. The van der Waals surface area contributed by atoms with E-state index in [0.717, 1.165) is 5.56 Å². The number of nitrogens with two attached hydrogens (primary N) is 1. The lowest BCUT2D eigenvalue weighted by molar-refractivity contribution is -0.119. The van der Waals surface area contributed by atoms with Gasteiger partial charge < -0.3 is 5.73 Å². The SMILES string of the molecule is CCC(N)C(=O)Cc1cnn(C)c1. The topological polar surface area (TPSA) is 60.9 Å². The van der Waals surface area contributed by atoms with Crippen molar-refractivity contribution in [3.8, 4) is 0 Å². The Balaban J connectivity index is 2.54. The summed E-state index contributed by atoms with van der Waals surface area (Å²) in [7, 11) is 1.83. The van der Waals surface area contributed by atoms with E-state index >= 15 is 0 Å². The van der Waals surface area contributed by atoms with Crippen LogP contribution in [0.25, 0.3) is 0 Å². The second-order valence-electron chi connectivity index (χ2n) is 3.18. The molecule has 1 aromatic rings. The van der Waals surface area contributed by atoms with Gasteiger partial charge in [0.2, 0.25) is 0 Å². The van der Waals surface area contributed by atoms with Gasteiger partial charge in [0.1, 0.15) is 0 Å². The Morgan fingerprint density at radius 3 is 2.92 bits per heavy atom. The second kappa shape index (κ2) is 4.18. The van der Waals surface area contributed by atoms with Gasteiger partial charge in [0.15, 0.2) is 5.78 Å². The van der Waals surface area contributed by atoms with Gasteiger partial charge in [-0.1, -0.05) is 6.92 Å². The third-order valence-corrected chi connectivity index (χ3v) is 1.99. The van der Waals surface area contributed by atoms with E-state index in [-0.39, 0.29) is 11.8 Å². The van der Waals surface area contributed by atoms with Crippen LogP contribution in [0.15, 0.2) is 12.4 Å². The summed E-state index contributed by atoms with van der Waals surface area (Å²) >= 11 is 0. The van der Waals surface area contributed by atoms with Crippen LogP contribution in [-0.4, -0.2) is 21.6 Å². The number of aromatic nitrogens is 2. The normalized spacial score (nSPS) is 12.8. The number of carbonyl (C=O) groups excluding carboxylic acids is 1. The van der Waals surface area contributed by atoms with Crippen molar-refractivity contribution in [2.24, 2.45) is 12.8 Å². The molecule has 0 saturated heterocycles. The highest BCUT2D eigenvalue weighted by atomic mass is 16.1. The summed E-state index contributed by atoms with van der Waals surface area (Å²) in [5, 5.41) is 3.98. The molecule has 0 fully saturated rings. The monoisotopic (exact) mass is 181 g/mol. The highest BCUT2D eigenvalue weighted by molar-refractivity contribution is 5.85. The fraction of sp³-hybridized carbons (Fsp3) is 0.556. The first-order valence-corrected chi connectivity index (χ1v) is 4.39. The van der Waals surface area contributed by atoms with Crippen LogP contribution in [0.1, 0.15) is 18.9 Å². The maximum absolute atomic E-state index is 11.4. The molecule has 1 aromatic heterocycles. The molecule has 0 radical (unpaired) electrons. The summed E-state index contributed by atoms with van der Waals surface area (Å²) in [5.41, 5.74) is 6.52. The van der Waals surface area contributed by atoms with E-state index in [9.17, 15) is 4.79 Å². The maximum Gasteiger partial charge on any atom is 0.153 e. The van der Waals surface area contributed by atoms with Crippen molar-refractivity contribution in [1.29, 1.82) is 0 Å². The molecule has 0 bridgehead atoms. The zero-order valence-corrected chi connectivity index (χ0v) is 8.03. The van der Waals surface area contributed by atoms with E-state index in [2.05, 4.69) is 5.10 Å². The van der Waals surface area contributed by atoms with Gasteiger partial charge in [-0.2, -0.15) is 5.10 Å². The maximum atomic E-state index is 11.4. The number of Topliss-reactive ketones (excluding diaryl/α,β-unsaturated/α-hetero) is 1. The van der Waals surface area contributed by atoms with E-state index in [1.165, 1.54) is 0 Å². The molecule has 0 aromatic carbocycles. The van der Waals surface area contributed by atoms with Gasteiger partial charge in [0, 0.05) is 19.7 Å². The van der Waals surface area contributed by atoms with E-state index < -0.39 is 0 Å². The van der Waals surface area contributed by atoms with Crippen LogP contribution < -0.4 is 5.73 Å². The van der Waals surface area contributed by atoms with Crippen molar-refractivity contribution in [3.05, 3.63) is 18.0 Å². The molecule has 0 spiro atoms. The lowest BCUT2D eigenvalue weighted by atomic mass is 10.1. The average molecular weight is 181 g/mol. The Bertz CT molecular complexity index is 293. The largest absolute Gasteiger partial charge is 0.322 e. The Morgan fingerprint density at radius 1 is 1.77 bits per heavy atom. The predicted molar refractivity (Wildman–Crippen MR) is 50.2 cm³/mol. The number of aryl methyl sites for hydroxylation is 1. The van der Waals surface area contributed by atoms with Gasteiger partial charge in [-0.05, 0) is 12.0 Å². The van der Waals surface area contributed by atoms with E-state index in [1.807, 2.05) is 20.2 Å². The first-order chi connectivity index (χ1) is 6.13. The van der Waals surface area contributed by atoms with Crippen molar-refractivity contribution in [1.82, 2.24) is 9.78 Å². The zero-order valence-electron chi connectivity index (χ0n) is 8.03. The van der Waals surface area contributed by atoms with Crippen LogP contribution in [0.2, 0.25) is 0 Å². The first kappa shape index (κ1) is 9.92. The average Bonchev–Trinajstić information content (AvgIpc) is 2.49. The van der Waals surface area contributed by atoms with E-state index in [1.54, 1.807) is 10.9 Å². The molecule has 0 amide bonds. The summed E-state index contributed by atoms with van der Waals surface area (Å²) in [4.78, 5) is 11.4. The summed E-state index contributed by atoms with van der Waals surface area (Å²) in [5.74, 6) is 0.0792. The quantitative estimate of drug-likeness (QED) is 0.725. The van der Waals surface area contributed by atoms with Gasteiger partial charge in [0.05, 0.1) is 12.2 Å². The van der Waals surface area contributed by atoms with Crippen molar-refractivity contribution in [3.63, 3.8) is 0 Å². The molecule has 0 saturated carbocycles. The molecule has 1 rings (SSSR count). The van der Waals surface area contributed by atoms with Gasteiger partial charge in [-0.3, -0.25) is 9.48 Å². The van der Waals surface area contributed by atoms with Crippen molar-refractivity contribution >= 4 is 5.78 Å². The number of hydrogen-bond acceptors (Lipinski definition) is 3. The molecule has 4 nitrogen and oxygen atoms in total. The van der Waals surface area contributed by atoms with Crippen LogP contribution in [0.3, 0.4) is 0 Å². The fourth-order valence-corrected chi connectivity index (χ4v) is 1.12. The van der Waals surface area contributed by atoms with E-state index in [4.69, 9.17) is 5.73 Å². The standard InChI is InChI=1S/C9H15N3O/c1-3-8(10)9(13)4-7-5-11-12(2)6-7/h5-6,8H,3-4,10H2,1-2H3. The van der Waals surface area contributed by atoms with Gasteiger partial charge in [-0.15, -0.1) is 0 Å². The summed E-state index contributed by atoms with van der Waals surface area (Å²) in [6.07, 6.45) is 4.61. The Labute approximate surface area is 77.7 Å². The molecule has 0 aliphatic rings. The zero-order chi connectivity index (χ0) is 9.84. The molecular formula is C9H15N3O. The molecule has 1 atom stereocenters. The van der Waals surface area contributed by atoms with Gasteiger partial charge in [-0.25, -0.2) is 0 Å². The van der Waals surface area contributed by atoms with Crippen molar-refractivity contribution in [2.45, 2.75) is 25.8 Å². The minimum Gasteiger partial charge on any atom is -0.322 e. The lowest BCUT2D eigenvalue weighted by Gasteiger charge is -2.05. The molecule has 0 aliphatic carbocycles. The predicted octanol–water partition coefficient (Wildman–Crippen LogP) is 0.269. The molecule has 1 unspecified atom stereocenters. The minimum atomic E-state index is -0.333. The lowest BCUT2D eigenvalue weighted by Crippen LogP contribution is -2.30. The van der Waals surface area contributed by atoms with Gasteiger partial charge in [0.25, 0.3) is 0 Å². The molecule has 4 heteroatoms. The number of rotatable bonds is 4. The Hall–Kier alpha value is -1.16. The van der Waals surface area contributed by atoms with Crippen molar-refractivity contribution in [2.75, 3.05) is 0 Å². The molecule has 1 heterocycles.